The van der Waals surface area contributed by atoms with Crippen molar-refractivity contribution in [1.29, 1.82) is 0 Å². The van der Waals surface area contributed by atoms with Crippen LogP contribution < -0.4 is 0 Å². The van der Waals surface area contributed by atoms with Gasteiger partial charge in [0, 0.05) is 12.3 Å². The van der Waals surface area contributed by atoms with Crippen molar-refractivity contribution in [3.63, 3.8) is 0 Å². The zero-order chi connectivity index (χ0) is 18.5. The quantitative estimate of drug-likeness (QED) is 0.411. The van der Waals surface area contributed by atoms with E-state index < -0.39 is 53.1 Å². The molecule has 5 rings (SSSR count). The lowest BCUT2D eigenvalue weighted by Gasteiger charge is -2.61. The van der Waals surface area contributed by atoms with Crippen molar-refractivity contribution in [2.75, 3.05) is 13.2 Å². The van der Waals surface area contributed by atoms with Crippen molar-refractivity contribution < 1.29 is 38.4 Å². The Morgan fingerprint density at radius 3 is 2.73 bits per heavy atom. The largest absolute Gasteiger partial charge is 0.508 e. The van der Waals surface area contributed by atoms with Crippen LogP contribution in [0.2, 0.25) is 0 Å². The van der Waals surface area contributed by atoms with Gasteiger partial charge in [0.2, 0.25) is 0 Å². The fourth-order valence-electron chi connectivity index (χ4n) is 5.88. The second kappa shape index (κ2) is 4.79. The molecule has 5 aliphatic rings. The van der Waals surface area contributed by atoms with Crippen molar-refractivity contribution in [3.8, 4) is 0 Å². The summed E-state index contributed by atoms with van der Waals surface area (Å²) in [7, 11) is 0. The Kier molecular flexibility index (Phi) is 3.05. The number of rotatable bonds is 1. The summed E-state index contributed by atoms with van der Waals surface area (Å²) in [5.41, 5.74) is -1.32. The van der Waals surface area contributed by atoms with E-state index in [1.165, 1.54) is 6.92 Å². The molecule has 0 amide bonds. The van der Waals surface area contributed by atoms with Crippen molar-refractivity contribution >= 4 is 12.1 Å². The molecule has 0 aromatic heterocycles. The number of cyclic esters (lactones) is 1. The van der Waals surface area contributed by atoms with Crippen molar-refractivity contribution in [3.05, 3.63) is 11.6 Å². The molecule has 3 saturated heterocycles. The van der Waals surface area contributed by atoms with E-state index in [9.17, 15) is 14.7 Å². The number of aliphatic hydroxyl groups is 1. The summed E-state index contributed by atoms with van der Waals surface area (Å²) in [6.07, 6.45) is -1.46. The summed E-state index contributed by atoms with van der Waals surface area (Å²) in [4.78, 5) is 23.4. The van der Waals surface area contributed by atoms with Gasteiger partial charge in [-0.25, -0.2) is 4.79 Å². The molecular weight excluding hydrogens is 344 g/mol. The minimum Gasteiger partial charge on any atom is -0.460 e. The smallest absolute Gasteiger partial charge is 0.460 e. The summed E-state index contributed by atoms with van der Waals surface area (Å²) < 4.78 is 28.6. The van der Waals surface area contributed by atoms with Gasteiger partial charge in [-0.3, -0.25) is 4.79 Å². The third-order valence-electron chi connectivity index (χ3n) is 7.27. The normalized spacial score (nSPS) is 53.8. The Hall–Kier alpha value is -1.64. The first kappa shape index (κ1) is 16.5. The van der Waals surface area contributed by atoms with Crippen LogP contribution in [0.15, 0.2) is 11.6 Å². The van der Waals surface area contributed by atoms with Crippen LogP contribution in [0.5, 0.6) is 0 Å². The Bertz CT molecular complexity index is 727. The maximum Gasteiger partial charge on any atom is 0.508 e. The lowest BCUT2D eigenvalue weighted by Crippen LogP contribution is -2.73. The summed E-state index contributed by atoms with van der Waals surface area (Å²) in [6, 6.07) is 0. The van der Waals surface area contributed by atoms with Gasteiger partial charge in [0.05, 0.1) is 18.1 Å². The molecule has 8 atom stereocenters. The molecule has 142 valence electrons. The SMILES string of the molecule is CC(=O)OC1CC2(C)C3(CO3)C1OC1C=C(C)C(O)C3OC(=O)OCC132. The molecule has 0 aromatic carbocycles. The third kappa shape index (κ3) is 1.66. The number of hydrogen-bond donors (Lipinski definition) is 1. The van der Waals surface area contributed by atoms with Gasteiger partial charge in [-0.1, -0.05) is 13.0 Å². The van der Waals surface area contributed by atoms with E-state index in [2.05, 4.69) is 0 Å². The molecule has 1 saturated carbocycles. The molecule has 4 fully saturated rings. The summed E-state index contributed by atoms with van der Waals surface area (Å²) >= 11 is 0. The van der Waals surface area contributed by atoms with Crippen LogP contribution in [0, 0.1) is 10.8 Å². The molecule has 1 N–H and O–H groups in total. The molecule has 8 nitrogen and oxygen atoms in total. The lowest BCUT2D eigenvalue weighted by molar-refractivity contribution is -0.282. The number of aliphatic hydroxyl groups excluding tert-OH is 1. The van der Waals surface area contributed by atoms with E-state index in [1.807, 2.05) is 13.0 Å². The predicted molar refractivity (Wildman–Crippen MR) is 84.0 cm³/mol. The summed E-state index contributed by atoms with van der Waals surface area (Å²) in [6.45, 7) is 5.73. The van der Waals surface area contributed by atoms with Crippen LogP contribution in [-0.2, 0) is 28.5 Å². The van der Waals surface area contributed by atoms with Crippen LogP contribution in [0.4, 0.5) is 4.79 Å². The minimum atomic E-state index is -0.945. The van der Waals surface area contributed by atoms with Crippen LogP contribution in [0.3, 0.4) is 0 Å². The molecule has 26 heavy (non-hydrogen) atoms. The molecule has 2 bridgehead atoms. The average Bonchev–Trinajstić information content (AvgIpc) is 3.33. The van der Waals surface area contributed by atoms with Crippen molar-refractivity contribution in [1.82, 2.24) is 0 Å². The first-order chi connectivity index (χ1) is 12.2. The minimum absolute atomic E-state index is 0.0587. The number of ether oxygens (including phenoxy) is 5. The topological polar surface area (TPSA) is 104 Å². The van der Waals surface area contributed by atoms with Crippen LogP contribution in [0.1, 0.15) is 27.2 Å². The highest BCUT2D eigenvalue weighted by Gasteiger charge is 2.85. The average molecular weight is 366 g/mol. The highest BCUT2D eigenvalue weighted by Crippen LogP contribution is 2.72. The van der Waals surface area contributed by atoms with Crippen LogP contribution >= 0.6 is 0 Å². The molecule has 8 unspecified atom stereocenters. The summed E-state index contributed by atoms with van der Waals surface area (Å²) in [5.74, 6) is -0.374. The first-order valence-corrected chi connectivity index (χ1v) is 8.92. The Labute approximate surface area is 150 Å². The molecule has 8 heteroatoms. The number of hydrogen-bond acceptors (Lipinski definition) is 8. The molecule has 2 spiro atoms. The van der Waals surface area contributed by atoms with Gasteiger partial charge >= 0.3 is 12.1 Å². The van der Waals surface area contributed by atoms with E-state index >= 15 is 0 Å². The van der Waals surface area contributed by atoms with Crippen molar-refractivity contribution in [2.45, 2.75) is 63.3 Å². The van der Waals surface area contributed by atoms with Crippen molar-refractivity contribution in [2.24, 2.45) is 10.8 Å². The Morgan fingerprint density at radius 2 is 2.08 bits per heavy atom. The second-order valence-corrected chi connectivity index (χ2v) is 8.31. The third-order valence-corrected chi connectivity index (χ3v) is 7.27. The second-order valence-electron chi connectivity index (χ2n) is 8.31. The van der Waals surface area contributed by atoms with Gasteiger partial charge in [0.25, 0.3) is 0 Å². The van der Waals surface area contributed by atoms with E-state index in [1.54, 1.807) is 6.92 Å². The van der Waals surface area contributed by atoms with Gasteiger partial charge in [-0.15, -0.1) is 0 Å². The predicted octanol–water partition coefficient (Wildman–Crippen LogP) is 0.707. The molecule has 2 aliphatic carbocycles. The Morgan fingerprint density at radius 1 is 1.35 bits per heavy atom. The van der Waals surface area contributed by atoms with Crippen LogP contribution in [-0.4, -0.2) is 66.6 Å². The van der Waals surface area contributed by atoms with Gasteiger partial charge in [0.1, 0.15) is 36.6 Å². The standard InChI is InChI=1S/C18H22O8/c1-8-4-11-17(6-22-15(21)26-14(17)12(8)20)16(3)5-10(24-9(2)19)13(25-11)18(16)7-23-18/h4,10-14,20H,5-7H2,1-3H3. The maximum atomic E-state index is 11.8. The number of carbonyl (C=O) groups is 2. The maximum absolute atomic E-state index is 11.8. The van der Waals surface area contributed by atoms with E-state index in [4.69, 9.17) is 23.7 Å². The first-order valence-electron chi connectivity index (χ1n) is 8.92. The van der Waals surface area contributed by atoms with E-state index in [0.717, 1.165) is 0 Å². The van der Waals surface area contributed by atoms with Gasteiger partial charge < -0.3 is 28.8 Å². The monoisotopic (exact) mass is 366 g/mol. The number of epoxide rings is 1. The van der Waals surface area contributed by atoms with Gasteiger partial charge in [-0.2, -0.15) is 0 Å². The van der Waals surface area contributed by atoms with Crippen LogP contribution in [0.25, 0.3) is 0 Å². The fraction of sp³-hybridized carbons (Fsp3) is 0.778. The fourth-order valence-corrected chi connectivity index (χ4v) is 5.88. The van der Waals surface area contributed by atoms with Gasteiger partial charge in [0.15, 0.2) is 0 Å². The lowest BCUT2D eigenvalue weighted by atomic mass is 9.50. The zero-order valence-corrected chi connectivity index (χ0v) is 14.9. The summed E-state index contributed by atoms with van der Waals surface area (Å²) in [5, 5.41) is 10.8. The van der Waals surface area contributed by atoms with E-state index in [0.29, 0.717) is 18.6 Å². The molecule has 0 radical (unpaired) electrons. The zero-order valence-electron chi connectivity index (χ0n) is 14.9. The number of carbonyl (C=O) groups excluding carboxylic acids is 2. The highest BCUT2D eigenvalue weighted by atomic mass is 16.7. The molecule has 3 aliphatic heterocycles. The number of esters is 1. The molecule has 0 aromatic rings. The van der Waals surface area contributed by atoms with Gasteiger partial charge in [-0.05, 0) is 18.9 Å². The van der Waals surface area contributed by atoms with E-state index in [-0.39, 0.29) is 12.6 Å². The molecule has 3 heterocycles. The molecular formula is C18H22O8. The highest BCUT2D eigenvalue weighted by molar-refractivity contribution is 5.66. The Balaban J connectivity index is 1.67.